The van der Waals surface area contributed by atoms with E-state index in [2.05, 4.69) is 6.92 Å². The minimum atomic E-state index is -1.83. The van der Waals surface area contributed by atoms with Gasteiger partial charge in [-0.3, -0.25) is 9.59 Å². The topological polar surface area (TPSA) is 74.6 Å². The molecule has 1 aromatic carbocycles. The molecule has 0 unspecified atom stereocenters. The van der Waals surface area contributed by atoms with E-state index in [0.717, 1.165) is 19.3 Å². The van der Waals surface area contributed by atoms with Gasteiger partial charge in [0, 0.05) is 0 Å². The maximum atomic E-state index is 11.7. The molecule has 0 spiro atoms. The Hall–Kier alpha value is -1.07. The summed E-state index contributed by atoms with van der Waals surface area (Å²) in [4.78, 5) is 23.4. The third-order valence-electron chi connectivity index (χ3n) is 4.15. The van der Waals surface area contributed by atoms with Crippen molar-refractivity contribution in [2.24, 2.45) is 0 Å². The van der Waals surface area contributed by atoms with Gasteiger partial charge in [0.25, 0.3) is 0 Å². The molecule has 2 N–H and O–H groups in total. The Kier molecular flexibility index (Phi) is 10.9. The third-order valence-corrected chi connectivity index (χ3v) is 4.15. The summed E-state index contributed by atoms with van der Waals surface area (Å²) < 4.78 is 0. The van der Waals surface area contributed by atoms with Gasteiger partial charge in [0.05, 0.1) is 0 Å². The van der Waals surface area contributed by atoms with Gasteiger partial charge in [-0.2, -0.15) is 0 Å². The van der Waals surface area contributed by atoms with Crippen molar-refractivity contribution < 1.29 is 22.7 Å². The number of unbranched alkanes of at least 4 members (excludes halogenated alkanes) is 6. The smallest absolute Gasteiger partial charge is 1.00 e. The first-order chi connectivity index (χ1) is 10.6. The molecule has 0 aromatic heterocycles. The van der Waals surface area contributed by atoms with Crippen LogP contribution in [0.3, 0.4) is 0 Å². The SMILES string of the molecule is CCCCCCCCCC(C(=O)O)(C(=O)O)c1ccccc1.[H-].[H-].[Mg+2]. The normalized spacial score (nSPS) is 10.8. The van der Waals surface area contributed by atoms with Gasteiger partial charge < -0.3 is 13.1 Å². The average Bonchev–Trinajstić information content (AvgIpc) is 2.50. The Balaban J connectivity index is -0.00000161. The zero-order valence-electron chi connectivity index (χ0n) is 16.0. The predicted octanol–water partition coefficient (Wildman–Crippen LogP) is 4.08. The summed E-state index contributed by atoms with van der Waals surface area (Å²) in [6.07, 6.45) is 7.38. The van der Waals surface area contributed by atoms with Gasteiger partial charge in [0.2, 0.25) is 0 Å². The number of aliphatic carboxylic acids is 2. The minimum absolute atomic E-state index is 0. The van der Waals surface area contributed by atoms with Crippen molar-refractivity contribution in [1.82, 2.24) is 0 Å². The molecule has 0 fully saturated rings. The standard InChI is InChI=1S/C18H26O4.Mg.2H/c1-2-3-4-5-6-7-11-14-18(16(19)20,17(21)22)15-12-9-8-10-13-15;;;/h8-10,12-13H,2-7,11,14H2,1H3,(H,19,20)(H,21,22);;;/q;+2;2*-1. The van der Waals surface area contributed by atoms with Crippen molar-refractivity contribution >= 4 is 35.0 Å². The molecular weight excluding hydrogens is 304 g/mol. The monoisotopic (exact) mass is 332 g/mol. The molecule has 126 valence electrons. The maximum Gasteiger partial charge on any atom is 2.00 e. The molecule has 23 heavy (non-hydrogen) atoms. The van der Waals surface area contributed by atoms with E-state index in [9.17, 15) is 19.8 Å². The molecule has 0 bridgehead atoms. The molecule has 0 saturated carbocycles. The van der Waals surface area contributed by atoms with Crippen LogP contribution in [0.4, 0.5) is 0 Å². The average molecular weight is 333 g/mol. The van der Waals surface area contributed by atoms with Crippen molar-refractivity contribution in [1.29, 1.82) is 0 Å². The number of hydrogen-bond acceptors (Lipinski definition) is 2. The third kappa shape index (κ3) is 6.14. The summed E-state index contributed by atoms with van der Waals surface area (Å²) in [6, 6.07) is 8.29. The number of benzene rings is 1. The molecule has 0 saturated heterocycles. The fourth-order valence-electron chi connectivity index (χ4n) is 2.77. The van der Waals surface area contributed by atoms with Crippen LogP contribution < -0.4 is 0 Å². The summed E-state index contributed by atoms with van der Waals surface area (Å²) in [5, 5.41) is 19.1. The zero-order valence-corrected chi connectivity index (χ0v) is 15.4. The van der Waals surface area contributed by atoms with Crippen LogP contribution in [-0.2, 0) is 15.0 Å². The van der Waals surface area contributed by atoms with Gasteiger partial charge in [-0.15, -0.1) is 0 Å². The van der Waals surface area contributed by atoms with Crippen LogP contribution in [0.1, 0.15) is 66.7 Å². The van der Waals surface area contributed by atoms with Crippen LogP contribution in [0.25, 0.3) is 0 Å². The van der Waals surface area contributed by atoms with Gasteiger partial charge in [0.15, 0.2) is 5.41 Å². The van der Waals surface area contributed by atoms with Crippen LogP contribution in [0.2, 0.25) is 0 Å². The van der Waals surface area contributed by atoms with Gasteiger partial charge in [-0.1, -0.05) is 82.2 Å². The molecule has 5 heteroatoms. The molecule has 0 aliphatic heterocycles. The van der Waals surface area contributed by atoms with Crippen molar-refractivity contribution in [3.05, 3.63) is 35.9 Å². The Labute approximate surface area is 157 Å². The largest absolute Gasteiger partial charge is 2.00 e. The first-order valence-electron chi connectivity index (χ1n) is 8.08. The summed E-state index contributed by atoms with van der Waals surface area (Å²) >= 11 is 0. The Morgan fingerprint density at radius 2 is 1.39 bits per heavy atom. The van der Waals surface area contributed by atoms with E-state index in [1.165, 1.54) is 19.3 Å². The summed E-state index contributed by atoms with van der Waals surface area (Å²) in [7, 11) is 0. The van der Waals surface area contributed by atoms with E-state index in [-0.39, 0.29) is 32.3 Å². The van der Waals surface area contributed by atoms with Crippen LogP contribution in [-0.4, -0.2) is 45.2 Å². The van der Waals surface area contributed by atoms with E-state index in [1.54, 1.807) is 30.3 Å². The number of carboxylic acid groups (broad SMARTS) is 2. The molecule has 1 aromatic rings. The van der Waals surface area contributed by atoms with E-state index >= 15 is 0 Å². The summed E-state index contributed by atoms with van der Waals surface area (Å²) in [5.41, 5.74) is -1.48. The summed E-state index contributed by atoms with van der Waals surface area (Å²) in [6.45, 7) is 2.16. The van der Waals surface area contributed by atoms with Crippen molar-refractivity contribution in [3.8, 4) is 0 Å². The molecule has 0 atom stereocenters. The van der Waals surface area contributed by atoms with Crippen molar-refractivity contribution in [2.75, 3.05) is 0 Å². The van der Waals surface area contributed by atoms with Gasteiger partial charge in [-0.25, -0.2) is 0 Å². The molecule has 0 heterocycles. The Bertz CT molecular complexity index is 469. The first kappa shape index (κ1) is 21.9. The quantitative estimate of drug-likeness (QED) is 0.364. The van der Waals surface area contributed by atoms with E-state index in [4.69, 9.17) is 0 Å². The molecule has 0 radical (unpaired) electrons. The molecule has 0 amide bonds. The first-order valence-corrected chi connectivity index (χ1v) is 8.08. The van der Waals surface area contributed by atoms with Gasteiger partial charge in [0.1, 0.15) is 0 Å². The zero-order chi connectivity index (χ0) is 16.4. The molecular formula is C18H28MgO4. The van der Waals surface area contributed by atoms with Gasteiger partial charge >= 0.3 is 35.0 Å². The van der Waals surface area contributed by atoms with Crippen LogP contribution >= 0.6 is 0 Å². The summed E-state index contributed by atoms with van der Waals surface area (Å²) in [5.74, 6) is -2.56. The van der Waals surface area contributed by atoms with E-state index < -0.39 is 17.4 Å². The van der Waals surface area contributed by atoms with Crippen LogP contribution in [0, 0.1) is 0 Å². The second kappa shape index (κ2) is 11.5. The van der Waals surface area contributed by atoms with Crippen LogP contribution in [0.15, 0.2) is 30.3 Å². The number of hydrogen-bond donors (Lipinski definition) is 2. The fraction of sp³-hybridized carbons (Fsp3) is 0.556. The predicted molar refractivity (Wildman–Crippen MR) is 94.0 cm³/mol. The van der Waals surface area contributed by atoms with Crippen molar-refractivity contribution in [3.63, 3.8) is 0 Å². The second-order valence-electron chi connectivity index (χ2n) is 5.75. The van der Waals surface area contributed by atoms with E-state index in [1.807, 2.05) is 0 Å². The maximum absolute atomic E-state index is 11.7. The number of rotatable bonds is 11. The minimum Gasteiger partial charge on any atom is -1.00 e. The second-order valence-corrected chi connectivity index (χ2v) is 5.75. The Morgan fingerprint density at radius 1 is 0.913 bits per heavy atom. The number of carbonyl (C=O) groups is 2. The molecule has 4 nitrogen and oxygen atoms in total. The fourth-order valence-corrected chi connectivity index (χ4v) is 2.77. The number of carboxylic acids is 2. The molecule has 1 rings (SSSR count). The Morgan fingerprint density at radius 3 is 1.87 bits per heavy atom. The van der Waals surface area contributed by atoms with Crippen LogP contribution in [0.5, 0.6) is 0 Å². The van der Waals surface area contributed by atoms with E-state index in [0.29, 0.717) is 12.0 Å². The van der Waals surface area contributed by atoms with Crippen molar-refractivity contribution in [2.45, 2.75) is 63.7 Å². The van der Waals surface area contributed by atoms with Gasteiger partial charge in [-0.05, 0) is 12.0 Å². The molecule has 0 aliphatic carbocycles. The molecule has 0 aliphatic rings.